The van der Waals surface area contributed by atoms with Crippen molar-refractivity contribution in [3.8, 4) is 11.8 Å². The van der Waals surface area contributed by atoms with Crippen molar-refractivity contribution in [2.75, 3.05) is 38.4 Å². The molecule has 2 rings (SSSR count). The molecule has 0 radical (unpaired) electrons. The predicted molar refractivity (Wildman–Crippen MR) is 81.1 cm³/mol. The molecule has 0 saturated carbocycles. The average molecular weight is 289 g/mol. The SMILES string of the molecule is CNc1nc(NCCc2ccc(OC)cc2)nc(OC)n1. The highest BCUT2D eigenvalue weighted by Gasteiger charge is 2.05. The Labute approximate surface area is 123 Å². The van der Waals surface area contributed by atoms with Gasteiger partial charge in [-0.05, 0) is 24.1 Å². The molecule has 0 bridgehead atoms. The number of benzene rings is 1. The second-order valence-corrected chi connectivity index (χ2v) is 4.24. The van der Waals surface area contributed by atoms with E-state index in [1.54, 1.807) is 14.2 Å². The molecule has 0 saturated heterocycles. The fraction of sp³-hybridized carbons (Fsp3) is 0.357. The monoisotopic (exact) mass is 289 g/mol. The van der Waals surface area contributed by atoms with Gasteiger partial charge in [0, 0.05) is 13.6 Å². The molecule has 2 aromatic rings. The molecule has 7 nitrogen and oxygen atoms in total. The number of methoxy groups -OCH3 is 2. The van der Waals surface area contributed by atoms with E-state index in [0.29, 0.717) is 18.4 Å². The first-order chi connectivity index (χ1) is 10.2. The number of rotatable bonds is 7. The fourth-order valence-corrected chi connectivity index (χ4v) is 1.75. The van der Waals surface area contributed by atoms with Crippen molar-refractivity contribution in [1.29, 1.82) is 0 Å². The van der Waals surface area contributed by atoms with Crippen LogP contribution in [-0.4, -0.2) is 42.8 Å². The van der Waals surface area contributed by atoms with Crippen LogP contribution in [0.3, 0.4) is 0 Å². The maximum atomic E-state index is 5.13. The Morgan fingerprint density at radius 3 is 2.29 bits per heavy atom. The normalized spacial score (nSPS) is 10.0. The molecule has 0 aliphatic heterocycles. The molecule has 0 aliphatic rings. The highest BCUT2D eigenvalue weighted by Crippen LogP contribution is 2.13. The van der Waals surface area contributed by atoms with Crippen LogP contribution in [0, 0.1) is 0 Å². The number of nitrogens with one attached hydrogen (secondary N) is 2. The lowest BCUT2D eigenvalue weighted by atomic mass is 10.1. The van der Waals surface area contributed by atoms with Gasteiger partial charge in [-0.2, -0.15) is 15.0 Å². The predicted octanol–water partition coefficient (Wildman–Crippen LogP) is 1.59. The van der Waals surface area contributed by atoms with E-state index >= 15 is 0 Å². The summed E-state index contributed by atoms with van der Waals surface area (Å²) in [6.45, 7) is 0.711. The Balaban J connectivity index is 1.93. The number of hydrogen-bond acceptors (Lipinski definition) is 7. The number of aromatic nitrogens is 3. The Bertz CT molecular complexity index is 552. The largest absolute Gasteiger partial charge is 0.497 e. The van der Waals surface area contributed by atoms with E-state index in [1.165, 1.54) is 12.7 Å². The third-order valence-corrected chi connectivity index (χ3v) is 2.88. The van der Waals surface area contributed by atoms with Gasteiger partial charge in [-0.25, -0.2) is 0 Å². The number of ether oxygens (including phenoxy) is 2. The molecule has 21 heavy (non-hydrogen) atoms. The van der Waals surface area contributed by atoms with E-state index in [0.717, 1.165) is 12.2 Å². The summed E-state index contributed by atoms with van der Waals surface area (Å²) in [5.41, 5.74) is 1.21. The van der Waals surface area contributed by atoms with Crippen LogP contribution < -0.4 is 20.1 Å². The summed E-state index contributed by atoms with van der Waals surface area (Å²) in [4.78, 5) is 12.4. The summed E-state index contributed by atoms with van der Waals surface area (Å²) < 4.78 is 10.2. The molecule has 1 heterocycles. The fourth-order valence-electron chi connectivity index (χ4n) is 1.75. The zero-order valence-corrected chi connectivity index (χ0v) is 12.4. The van der Waals surface area contributed by atoms with Gasteiger partial charge in [0.2, 0.25) is 11.9 Å². The van der Waals surface area contributed by atoms with E-state index in [9.17, 15) is 0 Å². The molecular weight excluding hydrogens is 270 g/mol. The molecule has 0 fully saturated rings. The molecule has 0 spiro atoms. The highest BCUT2D eigenvalue weighted by atomic mass is 16.5. The zero-order valence-electron chi connectivity index (χ0n) is 12.4. The lowest BCUT2D eigenvalue weighted by Crippen LogP contribution is -2.11. The number of nitrogens with zero attached hydrogens (tertiary/aromatic N) is 3. The molecule has 2 N–H and O–H groups in total. The molecule has 1 aromatic carbocycles. The van der Waals surface area contributed by atoms with Gasteiger partial charge in [-0.1, -0.05) is 12.1 Å². The lowest BCUT2D eigenvalue weighted by molar-refractivity contribution is 0.379. The van der Waals surface area contributed by atoms with Gasteiger partial charge < -0.3 is 20.1 Å². The third kappa shape index (κ3) is 4.20. The van der Waals surface area contributed by atoms with Gasteiger partial charge in [0.1, 0.15) is 5.75 Å². The van der Waals surface area contributed by atoms with Gasteiger partial charge in [-0.15, -0.1) is 0 Å². The molecule has 112 valence electrons. The Morgan fingerprint density at radius 1 is 0.952 bits per heavy atom. The van der Waals surface area contributed by atoms with E-state index in [1.807, 2.05) is 24.3 Å². The molecule has 0 amide bonds. The minimum absolute atomic E-state index is 0.279. The van der Waals surface area contributed by atoms with Gasteiger partial charge in [-0.3, -0.25) is 0 Å². The molecule has 1 aromatic heterocycles. The minimum atomic E-state index is 0.279. The van der Waals surface area contributed by atoms with Crippen LogP contribution >= 0.6 is 0 Å². The van der Waals surface area contributed by atoms with E-state index in [-0.39, 0.29) is 6.01 Å². The summed E-state index contributed by atoms with van der Waals surface area (Å²) >= 11 is 0. The maximum Gasteiger partial charge on any atom is 0.322 e. The van der Waals surface area contributed by atoms with Crippen molar-refractivity contribution < 1.29 is 9.47 Å². The van der Waals surface area contributed by atoms with Crippen molar-refractivity contribution in [3.63, 3.8) is 0 Å². The smallest absolute Gasteiger partial charge is 0.322 e. The second-order valence-electron chi connectivity index (χ2n) is 4.24. The van der Waals surface area contributed by atoms with Crippen LogP contribution in [0.1, 0.15) is 5.56 Å². The van der Waals surface area contributed by atoms with Gasteiger partial charge in [0.15, 0.2) is 0 Å². The molecule has 0 aliphatic carbocycles. The van der Waals surface area contributed by atoms with Crippen molar-refractivity contribution in [3.05, 3.63) is 29.8 Å². The van der Waals surface area contributed by atoms with Crippen molar-refractivity contribution in [1.82, 2.24) is 15.0 Å². The third-order valence-electron chi connectivity index (χ3n) is 2.88. The van der Waals surface area contributed by atoms with Crippen molar-refractivity contribution in [2.45, 2.75) is 6.42 Å². The van der Waals surface area contributed by atoms with Crippen LogP contribution in [0.15, 0.2) is 24.3 Å². The second kappa shape index (κ2) is 7.28. The van der Waals surface area contributed by atoms with E-state index in [4.69, 9.17) is 9.47 Å². The topological polar surface area (TPSA) is 81.2 Å². The van der Waals surface area contributed by atoms with Crippen LogP contribution in [0.4, 0.5) is 11.9 Å². The first-order valence-electron chi connectivity index (χ1n) is 6.59. The molecule has 0 atom stereocenters. The van der Waals surface area contributed by atoms with E-state index < -0.39 is 0 Å². The van der Waals surface area contributed by atoms with E-state index in [2.05, 4.69) is 25.6 Å². The van der Waals surface area contributed by atoms with Crippen molar-refractivity contribution in [2.24, 2.45) is 0 Å². The van der Waals surface area contributed by atoms with Gasteiger partial charge in [0.25, 0.3) is 0 Å². The Kier molecular flexibility index (Phi) is 5.14. The molecule has 7 heteroatoms. The Morgan fingerprint density at radius 2 is 1.67 bits per heavy atom. The minimum Gasteiger partial charge on any atom is -0.497 e. The van der Waals surface area contributed by atoms with Crippen molar-refractivity contribution >= 4 is 11.9 Å². The standard InChI is InChI=1S/C14H19N5O2/c1-15-12-17-13(19-14(18-12)21-3)16-9-8-10-4-6-11(20-2)7-5-10/h4-7H,8-9H2,1-3H3,(H2,15,16,17,18,19). The summed E-state index contributed by atoms with van der Waals surface area (Å²) in [6.07, 6.45) is 0.854. The molecular formula is C14H19N5O2. The maximum absolute atomic E-state index is 5.13. The Hall–Kier alpha value is -2.57. The summed E-state index contributed by atoms with van der Waals surface area (Å²) in [5, 5.41) is 6.02. The lowest BCUT2D eigenvalue weighted by Gasteiger charge is -2.08. The highest BCUT2D eigenvalue weighted by molar-refractivity contribution is 5.35. The van der Waals surface area contributed by atoms with Crippen LogP contribution in [0.2, 0.25) is 0 Å². The summed E-state index contributed by atoms with van der Waals surface area (Å²) in [6, 6.07) is 8.24. The van der Waals surface area contributed by atoms with Gasteiger partial charge >= 0.3 is 6.01 Å². The number of anilines is 2. The van der Waals surface area contributed by atoms with Crippen LogP contribution in [-0.2, 0) is 6.42 Å². The zero-order chi connectivity index (χ0) is 15.1. The van der Waals surface area contributed by atoms with Gasteiger partial charge in [0.05, 0.1) is 14.2 Å². The average Bonchev–Trinajstić information content (AvgIpc) is 2.55. The number of hydrogen-bond donors (Lipinski definition) is 2. The first kappa shape index (κ1) is 14.8. The summed E-state index contributed by atoms with van der Waals surface area (Å²) in [7, 11) is 4.93. The summed E-state index contributed by atoms with van der Waals surface area (Å²) in [5.74, 6) is 1.81. The van der Waals surface area contributed by atoms with Crippen LogP contribution in [0.25, 0.3) is 0 Å². The first-order valence-corrected chi connectivity index (χ1v) is 6.59. The molecule has 0 unspecified atom stereocenters. The van der Waals surface area contributed by atoms with Crippen LogP contribution in [0.5, 0.6) is 11.8 Å². The quantitative estimate of drug-likeness (QED) is 0.801.